The van der Waals surface area contributed by atoms with E-state index in [1.807, 2.05) is 12.1 Å². The molecule has 2 N–H and O–H groups in total. The average Bonchev–Trinajstić information content (AvgIpc) is 2.69. The first kappa shape index (κ1) is 22.2. The molecule has 0 bridgehead atoms. The maximum atomic E-state index is 12.1. The molecule has 0 heterocycles. The Hall–Kier alpha value is -2.08. The second-order valence-corrected chi connectivity index (χ2v) is 7.21. The van der Waals surface area contributed by atoms with Crippen LogP contribution >= 0.6 is 23.2 Å². The molecule has 0 aliphatic carbocycles. The van der Waals surface area contributed by atoms with Crippen LogP contribution in [0.5, 0.6) is 0 Å². The quantitative estimate of drug-likeness (QED) is 0.645. The van der Waals surface area contributed by atoms with Crippen LogP contribution in [0.15, 0.2) is 42.5 Å². The van der Waals surface area contributed by atoms with E-state index in [0.29, 0.717) is 11.6 Å². The summed E-state index contributed by atoms with van der Waals surface area (Å²) in [6.07, 6.45) is 0. The second kappa shape index (κ2) is 11.1. The Bertz CT molecular complexity index is 823. The minimum Gasteiger partial charge on any atom is -0.350 e. The third kappa shape index (κ3) is 6.82. The molecular weight excluding hydrogens is 397 g/mol. The van der Waals surface area contributed by atoms with Gasteiger partial charge in [0, 0.05) is 18.1 Å². The van der Waals surface area contributed by atoms with Crippen molar-refractivity contribution in [1.82, 2.24) is 15.5 Å². The normalized spacial score (nSPS) is 10.8. The summed E-state index contributed by atoms with van der Waals surface area (Å²) in [4.78, 5) is 26.5. The Labute approximate surface area is 176 Å². The van der Waals surface area contributed by atoms with Crippen LogP contribution in [0.4, 0.5) is 0 Å². The minimum absolute atomic E-state index is 0.128. The molecular formula is C21H25Cl2N3O2. The second-order valence-electron chi connectivity index (χ2n) is 6.36. The molecule has 7 heteroatoms. The molecule has 0 saturated carbocycles. The molecule has 0 spiro atoms. The third-order valence-corrected chi connectivity index (χ3v) is 4.91. The number of hydrogen-bond acceptors (Lipinski definition) is 3. The van der Waals surface area contributed by atoms with Crippen molar-refractivity contribution in [2.24, 2.45) is 0 Å². The van der Waals surface area contributed by atoms with Gasteiger partial charge in [0.15, 0.2) is 0 Å². The van der Waals surface area contributed by atoms with Crippen molar-refractivity contribution in [1.29, 1.82) is 0 Å². The molecule has 0 aromatic heterocycles. The minimum atomic E-state index is -0.418. The van der Waals surface area contributed by atoms with Crippen molar-refractivity contribution in [3.63, 3.8) is 0 Å². The van der Waals surface area contributed by atoms with Gasteiger partial charge < -0.3 is 10.6 Å². The van der Waals surface area contributed by atoms with E-state index in [2.05, 4.69) is 41.5 Å². The molecule has 2 aromatic rings. The zero-order chi connectivity index (χ0) is 20.5. The lowest BCUT2D eigenvalue weighted by Gasteiger charge is -2.18. The Balaban J connectivity index is 1.83. The van der Waals surface area contributed by atoms with Crippen molar-refractivity contribution in [2.75, 3.05) is 19.6 Å². The van der Waals surface area contributed by atoms with Crippen LogP contribution in [-0.4, -0.2) is 36.3 Å². The van der Waals surface area contributed by atoms with Crippen molar-refractivity contribution >= 4 is 35.0 Å². The summed E-state index contributed by atoms with van der Waals surface area (Å²) in [7, 11) is 0. The van der Waals surface area contributed by atoms with E-state index in [-0.39, 0.29) is 23.0 Å². The molecule has 0 saturated heterocycles. The summed E-state index contributed by atoms with van der Waals surface area (Å²) in [5.41, 5.74) is 2.51. The molecule has 2 aromatic carbocycles. The van der Waals surface area contributed by atoms with Gasteiger partial charge in [-0.3, -0.25) is 14.5 Å². The van der Waals surface area contributed by atoms with E-state index in [1.54, 1.807) is 6.07 Å². The summed E-state index contributed by atoms with van der Waals surface area (Å²) in [6, 6.07) is 12.7. The highest BCUT2D eigenvalue weighted by molar-refractivity contribution is 6.36. The third-order valence-electron chi connectivity index (χ3n) is 4.37. The lowest BCUT2D eigenvalue weighted by atomic mass is 10.1. The van der Waals surface area contributed by atoms with Crippen LogP contribution < -0.4 is 10.6 Å². The summed E-state index contributed by atoms with van der Waals surface area (Å²) in [5, 5.41) is 6.07. The number of benzene rings is 2. The first-order valence-electron chi connectivity index (χ1n) is 9.23. The fourth-order valence-corrected chi connectivity index (χ4v) is 3.23. The molecule has 0 fully saturated rings. The Morgan fingerprint density at radius 1 is 0.964 bits per heavy atom. The highest BCUT2D eigenvalue weighted by Crippen LogP contribution is 2.20. The van der Waals surface area contributed by atoms with Gasteiger partial charge in [-0.15, -0.1) is 0 Å². The molecule has 2 rings (SSSR count). The van der Waals surface area contributed by atoms with E-state index in [0.717, 1.165) is 25.2 Å². The fourth-order valence-electron chi connectivity index (χ4n) is 2.74. The monoisotopic (exact) mass is 421 g/mol. The highest BCUT2D eigenvalue weighted by atomic mass is 35.5. The largest absolute Gasteiger partial charge is 0.350 e. The number of nitrogens with zero attached hydrogens (tertiary/aromatic N) is 1. The van der Waals surface area contributed by atoms with Crippen LogP contribution in [0.3, 0.4) is 0 Å². The molecule has 5 nitrogen and oxygen atoms in total. The number of amides is 2. The van der Waals surface area contributed by atoms with Crippen LogP contribution in [0.1, 0.15) is 35.3 Å². The summed E-state index contributed by atoms with van der Waals surface area (Å²) in [5.74, 6) is -0.689. The van der Waals surface area contributed by atoms with Crippen molar-refractivity contribution in [2.45, 2.75) is 26.9 Å². The summed E-state index contributed by atoms with van der Waals surface area (Å²) < 4.78 is 0. The standard InChI is InChI=1S/C21H25Cl2N3O2/c1-3-26(4-2)14-16-7-5-6-15(10-16)12-24-20(27)13-25-21(28)18-9-8-17(22)11-19(18)23/h5-11H,3-4,12-14H2,1-2H3,(H,24,27)(H,25,28). The van der Waals surface area contributed by atoms with E-state index < -0.39 is 5.91 Å². The van der Waals surface area contributed by atoms with Gasteiger partial charge in [0.1, 0.15) is 0 Å². The topological polar surface area (TPSA) is 61.4 Å². The number of hydrogen-bond donors (Lipinski definition) is 2. The van der Waals surface area contributed by atoms with Gasteiger partial charge >= 0.3 is 0 Å². The van der Waals surface area contributed by atoms with Gasteiger partial charge in [-0.05, 0) is 42.4 Å². The van der Waals surface area contributed by atoms with Gasteiger partial charge in [0.2, 0.25) is 5.91 Å². The predicted octanol–water partition coefficient (Wildman–Crippen LogP) is 3.88. The molecule has 0 atom stereocenters. The molecule has 0 aliphatic heterocycles. The van der Waals surface area contributed by atoms with Crippen LogP contribution in [0.2, 0.25) is 10.0 Å². The Kier molecular flexibility index (Phi) is 8.77. The van der Waals surface area contributed by atoms with Crippen molar-refractivity contribution in [3.05, 3.63) is 69.2 Å². The average molecular weight is 422 g/mol. The predicted molar refractivity (Wildman–Crippen MR) is 114 cm³/mol. The molecule has 0 radical (unpaired) electrons. The van der Waals surface area contributed by atoms with Gasteiger partial charge in [0.05, 0.1) is 17.1 Å². The first-order chi connectivity index (χ1) is 13.4. The Morgan fingerprint density at radius 2 is 1.68 bits per heavy atom. The molecule has 0 aliphatic rings. The lowest BCUT2D eigenvalue weighted by Crippen LogP contribution is -2.36. The maximum Gasteiger partial charge on any atom is 0.253 e. The van der Waals surface area contributed by atoms with Crippen molar-refractivity contribution < 1.29 is 9.59 Å². The zero-order valence-electron chi connectivity index (χ0n) is 16.1. The van der Waals surface area contributed by atoms with Crippen molar-refractivity contribution in [3.8, 4) is 0 Å². The number of halogens is 2. The lowest BCUT2D eigenvalue weighted by molar-refractivity contribution is -0.120. The zero-order valence-corrected chi connectivity index (χ0v) is 17.6. The first-order valence-corrected chi connectivity index (χ1v) is 9.98. The van der Waals surface area contributed by atoms with Gasteiger partial charge in [0.25, 0.3) is 5.91 Å². The van der Waals surface area contributed by atoms with E-state index in [9.17, 15) is 9.59 Å². The van der Waals surface area contributed by atoms with Crippen LogP contribution in [-0.2, 0) is 17.9 Å². The molecule has 150 valence electrons. The number of carbonyl (C=O) groups excluding carboxylic acids is 2. The SMILES string of the molecule is CCN(CC)Cc1cccc(CNC(=O)CNC(=O)c2ccc(Cl)cc2Cl)c1. The van der Waals surface area contributed by atoms with Gasteiger partial charge in [-0.2, -0.15) is 0 Å². The number of nitrogens with one attached hydrogen (secondary N) is 2. The Morgan fingerprint density at radius 3 is 2.36 bits per heavy atom. The fraction of sp³-hybridized carbons (Fsp3) is 0.333. The molecule has 0 unspecified atom stereocenters. The highest BCUT2D eigenvalue weighted by Gasteiger charge is 2.12. The summed E-state index contributed by atoms with van der Waals surface area (Å²) >= 11 is 11.8. The smallest absolute Gasteiger partial charge is 0.253 e. The van der Waals surface area contributed by atoms with Gasteiger partial charge in [-0.25, -0.2) is 0 Å². The molecule has 2 amide bonds. The maximum absolute atomic E-state index is 12.1. The number of carbonyl (C=O) groups is 2. The van der Waals surface area contributed by atoms with E-state index >= 15 is 0 Å². The van der Waals surface area contributed by atoms with Crippen LogP contribution in [0.25, 0.3) is 0 Å². The van der Waals surface area contributed by atoms with E-state index in [4.69, 9.17) is 23.2 Å². The van der Waals surface area contributed by atoms with Gasteiger partial charge in [-0.1, -0.05) is 61.3 Å². The summed E-state index contributed by atoms with van der Waals surface area (Å²) in [6.45, 7) is 7.42. The molecule has 28 heavy (non-hydrogen) atoms. The number of rotatable bonds is 9. The van der Waals surface area contributed by atoms with E-state index in [1.165, 1.54) is 17.7 Å². The van der Waals surface area contributed by atoms with Crippen LogP contribution in [0, 0.1) is 0 Å².